The average molecular weight is 434 g/mol. The zero-order valence-corrected chi connectivity index (χ0v) is 16.4. The summed E-state index contributed by atoms with van der Waals surface area (Å²) in [5.74, 6) is -1.15. The zero-order chi connectivity index (χ0) is 18.8. The largest absolute Gasteiger partial charge is 0.340 e. The first-order valence-electron chi connectivity index (χ1n) is 7.22. The van der Waals surface area contributed by atoms with Gasteiger partial charge < -0.3 is 0 Å². The van der Waals surface area contributed by atoms with Crippen molar-refractivity contribution < 1.29 is 8.78 Å². The van der Waals surface area contributed by atoms with Gasteiger partial charge in [-0.2, -0.15) is 0 Å². The molecule has 0 spiro atoms. The molecule has 0 saturated carbocycles. The second-order valence-electron chi connectivity index (χ2n) is 5.16. The molecule has 0 aliphatic heterocycles. The van der Waals surface area contributed by atoms with Crippen LogP contribution in [-0.4, -0.2) is 8.54 Å². The van der Waals surface area contributed by atoms with Crippen molar-refractivity contribution in [2.75, 3.05) is 0 Å². The molecule has 0 atom stereocenters. The molecule has 136 valence electrons. The van der Waals surface area contributed by atoms with E-state index in [9.17, 15) is 13.6 Å². The summed E-state index contributed by atoms with van der Waals surface area (Å²) < 4.78 is 31.2. The smallest absolute Gasteiger partial charge is 0.278 e. The van der Waals surface area contributed by atoms with Gasteiger partial charge in [0.15, 0.2) is 11.3 Å². The second-order valence-corrected chi connectivity index (χ2v) is 8.46. The summed E-state index contributed by atoms with van der Waals surface area (Å²) in [6, 6.07) is 7.66. The zero-order valence-electron chi connectivity index (χ0n) is 13.2. The highest BCUT2D eigenvalue weighted by Gasteiger charge is 2.12. The Hall–Kier alpha value is -1.61. The van der Waals surface area contributed by atoms with E-state index in [-0.39, 0.29) is 12.0 Å². The topological polar surface area (TPSA) is 39.3 Å². The first kappa shape index (κ1) is 19.2. The quantitative estimate of drug-likeness (QED) is 0.607. The lowest BCUT2D eigenvalue weighted by atomic mass is 10.2. The number of thiophene rings is 1. The Balaban J connectivity index is 1.98. The summed E-state index contributed by atoms with van der Waals surface area (Å²) in [6.07, 6.45) is 1.02. The highest BCUT2D eigenvalue weighted by Crippen LogP contribution is 2.37. The number of rotatable bonds is 4. The number of nitrogens with zero attached hydrogens (tertiary/aromatic N) is 3. The van der Waals surface area contributed by atoms with E-state index >= 15 is 0 Å². The van der Waals surface area contributed by atoms with E-state index < -0.39 is 17.3 Å². The van der Waals surface area contributed by atoms with Gasteiger partial charge in [0.25, 0.3) is 0 Å². The van der Waals surface area contributed by atoms with Crippen molar-refractivity contribution in [3.8, 4) is 0 Å². The Morgan fingerprint density at radius 1 is 1.23 bits per heavy atom. The monoisotopic (exact) mass is 433 g/mol. The van der Waals surface area contributed by atoms with Crippen LogP contribution in [0.3, 0.4) is 0 Å². The lowest BCUT2D eigenvalue weighted by molar-refractivity contribution is 0.549. The lowest BCUT2D eigenvalue weighted by Gasteiger charge is -2.08. The van der Waals surface area contributed by atoms with Crippen LogP contribution in [0.5, 0.6) is 0 Å². The third kappa shape index (κ3) is 4.03. The molecule has 0 aliphatic rings. The molecule has 2 aromatic heterocycles. The molecule has 4 nitrogen and oxygen atoms in total. The van der Waals surface area contributed by atoms with Crippen LogP contribution in [0, 0.1) is 11.6 Å². The average Bonchev–Trinajstić information content (AvgIpc) is 2.91. The van der Waals surface area contributed by atoms with Gasteiger partial charge in [0, 0.05) is 12.6 Å². The van der Waals surface area contributed by atoms with Gasteiger partial charge >= 0.3 is 5.69 Å². The van der Waals surface area contributed by atoms with E-state index in [1.807, 2.05) is 0 Å². The van der Waals surface area contributed by atoms with E-state index in [4.69, 9.17) is 23.2 Å². The molecular formula is C16H11Cl2F2N3OS2. The third-order valence-corrected chi connectivity index (χ3v) is 6.12. The minimum absolute atomic E-state index is 0.0833. The summed E-state index contributed by atoms with van der Waals surface area (Å²) >= 11 is 14.0. The minimum atomic E-state index is -0.714. The second kappa shape index (κ2) is 7.96. The normalized spacial score (nSPS) is 12.0. The number of benzene rings is 1. The van der Waals surface area contributed by atoms with Gasteiger partial charge in [-0.25, -0.2) is 17.5 Å². The molecule has 26 heavy (non-hydrogen) atoms. The summed E-state index contributed by atoms with van der Waals surface area (Å²) in [7, 11) is 1.39. The van der Waals surface area contributed by atoms with E-state index in [2.05, 4.69) is 4.99 Å². The predicted octanol–water partition coefficient (Wildman–Crippen LogP) is 4.49. The summed E-state index contributed by atoms with van der Waals surface area (Å²) in [5, 5.41) is 0. The number of hydrogen-bond acceptors (Lipinski definition) is 4. The van der Waals surface area contributed by atoms with Crippen LogP contribution in [0.1, 0.15) is 5.56 Å². The first-order valence-corrected chi connectivity index (χ1v) is 9.56. The molecule has 0 fully saturated rings. The van der Waals surface area contributed by atoms with Crippen LogP contribution in [0.25, 0.3) is 0 Å². The maximum absolute atomic E-state index is 14.5. The van der Waals surface area contributed by atoms with E-state index in [0.717, 1.165) is 38.0 Å². The van der Waals surface area contributed by atoms with Crippen LogP contribution in [0.4, 0.5) is 8.78 Å². The van der Waals surface area contributed by atoms with E-state index in [1.54, 1.807) is 24.3 Å². The van der Waals surface area contributed by atoms with Crippen LogP contribution in [-0.2, 0) is 13.6 Å². The fourth-order valence-corrected chi connectivity index (χ4v) is 4.69. The summed E-state index contributed by atoms with van der Waals surface area (Å²) in [5.41, 5.74) is -0.364. The fraction of sp³-hybridized carbons (Fsp3) is 0.125. The molecule has 0 saturated heterocycles. The van der Waals surface area contributed by atoms with Gasteiger partial charge in [-0.3, -0.25) is 9.56 Å². The van der Waals surface area contributed by atoms with Gasteiger partial charge in [0.1, 0.15) is 10.2 Å². The number of hydrogen-bond donors (Lipinski definition) is 0. The first-order chi connectivity index (χ1) is 12.4. The lowest BCUT2D eigenvalue weighted by Crippen LogP contribution is -2.38. The Bertz CT molecular complexity index is 1090. The van der Waals surface area contributed by atoms with Crippen LogP contribution in [0.2, 0.25) is 8.67 Å². The Morgan fingerprint density at radius 3 is 2.62 bits per heavy atom. The van der Waals surface area contributed by atoms with Crippen molar-refractivity contribution in [2.45, 2.75) is 11.4 Å². The molecule has 0 aliphatic carbocycles. The molecule has 10 heteroatoms. The summed E-state index contributed by atoms with van der Waals surface area (Å²) in [6.45, 7) is -0.0833. The highest BCUT2D eigenvalue weighted by atomic mass is 35.5. The maximum Gasteiger partial charge on any atom is 0.340 e. The number of aromatic nitrogens is 2. The van der Waals surface area contributed by atoms with Crippen LogP contribution < -0.4 is 11.2 Å². The fourth-order valence-electron chi connectivity index (χ4n) is 2.14. The highest BCUT2D eigenvalue weighted by molar-refractivity contribution is 7.98. The Labute approximate surface area is 165 Å². The van der Waals surface area contributed by atoms with E-state index in [0.29, 0.717) is 19.1 Å². The summed E-state index contributed by atoms with van der Waals surface area (Å²) in [4.78, 5) is 17.1. The minimum Gasteiger partial charge on any atom is -0.278 e. The molecule has 0 amide bonds. The molecule has 2 heterocycles. The van der Waals surface area contributed by atoms with Crippen LogP contribution >= 0.6 is 46.5 Å². The van der Waals surface area contributed by atoms with E-state index in [1.165, 1.54) is 13.1 Å². The number of halogens is 4. The Kier molecular flexibility index (Phi) is 5.86. The van der Waals surface area contributed by atoms with Crippen molar-refractivity contribution in [1.29, 1.82) is 0 Å². The molecule has 0 N–H and O–H groups in total. The van der Waals surface area contributed by atoms with Crippen molar-refractivity contribution in [2.24, 2.45) is 12.0 Å². The van der Waals surface area contributed by atoms with Crippen molar-refractivity contribution in [3.63, 3.8) is 0 Å². The van der Waals surface area contributed by atoms with Gasteiger partial charge in [-0.05, 0) is 24.1 Å². The van der Waals surface area contributed by atoms with Crippen molar-refractivity contribution in [1.82, 2.24) is 8.54 Å². The molecule has 1 aromatic carbocycles. The molecule has 3 rings (SSSR count). The standard InChI is InChI=1S/C16H11Cl2F2N3OS2/c1-22-15(21-7-9-4-2-3-5-10(9)19)11(20)8-23(16(22)24)26-12-6-13(17)25-14(12)18/h2-6,8H,7H2,1H3. The molecule has 0 unspecified atom stereocenters. The molecule has 0 bridgehead atoms. The van der Waals surface area contributed by atoms with Gasteiger partial charge in [-0.15, -0.1) is 11.3 Å². The van der Waals surface area contributed by atoms with Crippen molar-refractivity contribution >= 4 is 46.5 Å². The molecule has 0 radical (unpaired) electrons. The maximum atomic E-state index is 14.5. The molecular weight excluding hydrogens is 423 g/mol. The van der Waals surface area contributed by atoms with Crippen molar-refractivity contribution in [3.05, 3.63) is 78.4 Å². The molecule has 3 aromatic rings. The van der Waals surface area contributed by atoms with Crippen LogP contribution in [0.15, 0.2) is 51.2 Å². The SMILES string of the molecule is Cn1c(=NCc2ccccc2F)c(F)cn(Sc2cc(Cl)sc2Cl)c1=O. The Morgan fingerprint density at radius 2 is 1.96 bits per heavy atom. The van der Waals surface area contributed by atoms with Gasteiger partial charge in [-0.1, -0.05) is 41.4 Å². The predicted molar refractivity (Wildman–Crippen MR) is 101 cm³/mol. The van der Waals surface area contributed by atoms with Gasteiger partial charge in [0.05, 0.1) is 22.0 Å². The van der Waals surface area contributed by atoms with Gasteiger partial charge in [0.2, 0.25) is 0 Å². The third-order valence-electron chi connectivity index (χ3n) is 3.42.